The van der Waals surface area contributed by atoms with Crippen molar-refractivity contribution in [3.8, 4) is 0 Å². The lowest BCUT2D eigenvalue weighted by molar-refractivity contribution is -0.0547. The van der Waals surface area contributed by atoms with Crippen LogP contribution in [0.15, 0.2) is 48.8 Å². The zero-order valence-corrected chi connectivity index (χ0v) is 21.0. The molecule has 38 heavy (non-hydrogen) atoms. The van der Waals surface area contributed by atoms with Gasteiger partial charge in [-0.1, -0.05) is 23.7 Å². The number of H-pyrrole nitrogens is 1. The maximum atomic E-state index is 13.3. The van der Waals surface area contributed by atoms with Crippen molar-refractivity contribution >= 4 is 34.9 Å². The van der Waals surface area contributed by atoms with E-state index in [1.165, 1.54) is 18.5 Å². The number of alkyl halides is 2. The van der Waals surface area contributed by atoms with E-state index in [-0.39, 0.29) is 66.7 Å². The summed E-state index contributed by atoms with van der Waals surface area (Å²) in [6.07, 6.45) is 0.854. The smallest absolute Gasteiger partial charge is 0.276 e. The van der Waals surface area contributed by atoms with Gasteiger partial charge in [0.15, 0.2) is 11.5 Å². The minimum atomic E-state index is -2.63. The lowest BCUT2D eigenvalue weighted by atomic mass is 10.0. The normalized spacial score (nSPS) is 15.2. The Kier molecular flexibility index (Phi) is 8.48. The number of aromatic amines is 1. The number of halogens is 4. The number of carbonyl (C=O) groups excluding carboxylic acids is 3. The van der Waals surface area contributed by atoms with Crippen LogP contribution in [0.4, 0.5) is 18.9 Å². The third-order valence-electron chi connectivity index (χ3n) is 6.19. The molecule has 0 aliphatic carbocycles. The number of rotatable bonds is 9. The predicted octanol–water partition coefficient (Wildman–Crippen LogP) is 4.34. The lowest BCUT2D eigenvalue weighted by Crippen LogP contribution is -2.43. The number of Topliss-reactive ketones (excluding diaryl/α,β-unsaturated/α-hetero) is 1. The molecule has 3 aromatic rings. The summed E-state index contributed by atoms with van der Waals surface area (Å²) < 4.78 is 39.8. The third kappa shape index (κ3) is 6.99. The van der Waals surface area contributed by atoms with Gasteiger partial charge in [-0.05, 0) is 35.9 Å². The van der Waals surface area contributed by atoms with Crippen LogP contribution in [-0.2, 0) is 6.42 Å². The summed E-state index contributed by atoms with van der Waals surface area (Å²) in [6.45, 7) is 1.16. The molecule has 3 N–H and O–H groups in total. The van der Waals surface area contributed by atoms with Gasteiger partial charge in [0.1, 0.15) is 11.5 Å². The van der Waals surface area contributed by atoms with Gasteiger partial charge in [-0.25, -0.2) is 18.2 Å². The number of ketones is 1. The number of hydrogen-bond donors (Lipinski definition) is 3. The molecule has 1 aromatic heterocycles. The highest BCUT2D eigenvalue weighted by atomic mass is 35.5. The zero-order chi connectivity index (χ0) is 27.3. The van der Waals surface area contributed by atoms with Crippen LogP contribution in [0.5, 0.6) is 0 Å². The van der Waals surface area contributed by atoms with Crippen LogP contribution in [0.2, 0.25) is 5.02 Å². The number of benzene rings is 2. The number of aromatic nitrogens is 2. The molecule has 0 bridgehead atoms. The summed E-state index contributed by atoms with van der Waals surface area (Å²) in [5.74, 6) is -4.60. The first-order chi connectivity index (χ1) is 18.1. The van der Waals surface area contributed by atoms with E-state index < -0.39 is 23.6 Å². The molecule has 0 saturated carbocycles. The second-order valence-corrected chi connectivity index (χ2v) is 9.36. The molecular weight excluding hydrogens is 523 g/mol. The van der Waals surface area contributed by atoms with Crippen molar-refractivity contribution in [2.75, 3.05) is 31.5 Å². The molecular formula is C26H25ClF3N5O3. The van der Waals surface area contributed by atoms with E-state index in [0.29, 0.717) is 17.8 Å². The monoisotopic (exact) mass is 547 g/mol. The van der Waals surface area contributed by atoms with E-state index in [9.17, 15) is 27.6 Å². The molecule has 2 heterocycles. The number of hydrogen-bond acceptors (Lipinski definition) is 5. The number of imidazole rings is 1. The molecule has 2 amide bonds. The highest BCUT2D eigenvalue weighted by Crippen LogP contribution is 2.27. The molecule has 1 saturated heterocycles. The van der Waals surface area contributed by atoms with Gasteiger partial charge in [-0.15, -0.1) is 0 Å². The molecule has 0 unspecified atom stereocenters. The summed E-state index contributed by atoms with van der Waals surface area (Å²) >= 11 is 5.96. The standard InChI is InChI=1S/C26H25ClF3N5O3/c27-20-14-17(28)3-6-19(20)21(36)13-16-1-4-18(5-2-16)34-25(38)23-22(32-15-33-23)24(37)31-9-12-35-10-7-26(29,30)8-11-35/h1-6,14-15H,7-13H2,(H,31,37)(H,32,33)(H,34,38). The van der Waals surface area contributed by atoms with Crippen LogP contribution in [-0.4, -0.2) is 64.6 Å². The Labute approximate surface area is 221 Å². The van der Waals surface area contributed by atoms with Crippen LogP contribution in [0.1, 0.15) is 49.7 Å². The van der Waals surface area contributed by atoms with Crippen LogP contribution < -0.4 is 10.6 Å². The van der Waals surface area contributed by atoms with Crippen molar-refractivity contribution in [2.45, 2.75) is 25.2 Å². The second kappa shape index (κ2) is 11.8. The van der Waals surface area contributed by atoms with Gasteiger partial charge in [-0.2, -0.15) is 0 Å². The van der Waals surface area contributed by atoms with E-state index in [1.54, 1.807) is 24.3 Å². The molecule has 200 valence electrons. The van der Waals surface area contributed by atoms with Gasteiger partial charge in [0.05, 0.1) is 11.3 Å². The molecule has 12 heteroatoms. The molecule has 4 rings (SSSR count). The molecule has 2 aromatic carbocycles. The summed E-state index contributed by atoms with van der Waals surface area (Å²) in [7, 11) is 0. The fraction of sp³-hybridized carbons (Fsp3) is 0.308. The Morgan fingerprint density at radius 3 is 2.45 bits per heavy atom. The number of piperidine rings is 1. The molecule has 0 atom stereocenters. The number of carbonyl (C=O) groups is 3. The minimum absolute atomic E-state index is 0.0222. The lowest BCUT2D eigenvalue weighted by Gasteiger charge is -2.31. The van der Waals surface area contributed by atoms with E-state index in [0.717, 1.165) is 6.07 Å². The fourth-order valence-corrected chi connectivity index (χ4v) is 4.32. The average Bonchev–Trinajstić information content (AvgIpc) is 3.36. The third-order valence-corrected chi connectivity index (χ3v) is 6.50. The molecule has 1 aliphatic rings. The number of nitrogens with zero attached hydrogens (tertiary/aromatic N) is 2. The van der Waals surface area contributed by atoms with Crippen molar-refractivity contribution in [3.05, 3.63) is 82.1 Å². The van der Waals surface area contributed by atoms with Crippen molar-refractivity contribution in [2.24, 2.45) is 0 Å². The molecule has 8 nitrogen and oxygen atoms in total. The predicted molar refractivity (Wildman–Crippen MR) is 135 cm³/mol. The molecule has 1 fully saturated rings. The van der Waals surface area contributed by atoms with E-state index in [4.69, 9.17) is 11.6 Å². The summed E-state index contributed by atoms with van der Waals surface area (Å²) in [5, 5.41) is 5.37. The number of likely N-dealkylation sites (tertiary alicyclic amines) is 1. The number of nitrogens with one attached hydrogen (secondary N) is 3. The average molecular weight is 548 g/mol. The van der Waals surface area contributed by atoms with Crippen molar-refractivity contribution < 1.29 is 27.6 Å². The maximum absolute atomic E-state index is 13.3. The van der Waals surface area contributed by atoms with Crippen LogP contribution >= 0.6 is 11.6 Å². The Morgan fingerprint density at radius 2 is 1.76 bits per heavy atom. The minimum Gasteiger partial charge on any atom is -0.349 e. The Hall–Kier alpha value is -3.70. The Balaban J connectivity index is 1.29. The van der Waals surface area contributed by atoms with Crippen molar-refractivity contribution in [1.29, 1.82) is 0 Å². The highest BCUT2D eigenvalue weighted by Gasteiger charge is 2.33. The van der Waals surface area contributed by atoms with Gasteiger partial charge in [0.25, 0.3) is 17.7 Å². The van der Waals surface area contributed by atoms with E-state index in [2.05, 4.69) is 20.6 Å². The largest absolute Gasteiger partial charge is 0.349 e. The number of amides is 2. The Morgan fingerprint density at radius 1 is 1.05 bits per heavy atom. The van der Waals surface area contributed by atoms with E-state index in [1.807, 2.05) is 4.90 Å². The van der Waals surface area contributed by atoms with Gasteiger partial charge < -0.3 is 20.5 Å². The summed E-state index contributed by atoms with van der Waals surface area (Å²) in [5.41, 5.74) is 1.16. The molecule has 0 radical (unpaired) electrons. The van der Waals surface area contributed by atoms with Crippen molar-refractivity contribution in [1.82, 2.24) is 20.2 Å². The molecule has 1 aliphatic heterocycles. The quantitative estimate of drug-likeness (QED) is 0.346. The first-order valence-corrected chi connectivity index (χ1v) is 12.3. The van der Waals surface area contributed by atoms with Crippen molar-refractivity contribution in [3.63, 3.8) is 0 Å². The SMILES string of the molecule is O=C(Cc1ccc(NC(=O)c2nc[nH]c2C(=O)NCCN2CCC(F)(F)CC2)cc1)c1ccc(F)cc1Cl. The van der Waals surface area contributed by atoms with Crippen LogP contribution in [0, 0.1) is 5.82 Å². The van der Waals surface area contributed by atoms with Gasteiger partial charge in [0.2, 0.25) is 0 Å². The van der Waals surface area contributed by atoms with Gasteiger partial charge >= 0.3 is 0 Å². The summed E-state index contributed by atoms with van der Waals surface area (Å²) in [6, 6.07) is 10.1. The van der Waals surface area contributed by atoms with Gasteiger partial charge in [-0.3, -0.25) is 14.4 Å². The molecule has 0 spiro atoms. The first-order valence-electron chi connectivity index (χ1n) is 11.9. The second-order valence-electron chi connectivity index (χ2n) is 8.95. The Bertz CT molecular complexity index is 1320. The maximum Gasteiger partial charge on any atom is 0.276 e. The van der Waals surface area contributed by atoms with Crippen LogP contribution in [0.3, 0.4) is 0 Å². The highest BCUT2D eigenvalue weighted by molar-refractivity contribution is 6.34. The van der Waals surface area contributed by atoms with Gasteiger partial charge in [0, 0.05) is 56.7 Å². The topological polar surface area (TPSA) is 107 Å². The zero-order valence-electron chi connectivity index (χ0n) is 20.2. The summed E-state index contributed by atoms with van der Waals surface area (Å²) in [4.78, 5) is 46.3. The first kappa shape index (κ1) is 27.3. The number of anilines is 1. The van der Waals surface area contributed by atoms with Crippen LogP contribution in [0.25, 0.3) is 0 Å². The fourth-order valence-electron chi connectivity index (χ4n) is 4.05. The van der Waals surface area contributed by atoms with E-state index >= 15 is 0 Å².